The van der Waals surface area contributed by atoms with E-state index in [1.54, 1.807) is 6.07 Å². The van der Waals surface area contributed by atoms with Crippen molar-refractivity contribution < 1.29 is 14.3 Å². The summed E-state index contributed by atoms with van der Waals surface area (Å²) in [4.78, 5) is 11.2. The molecule has 0 aliphatic carbocycles. The van der Waals surface area contributed by atoms with Gasteiger partial charge in [-0.05, 0) is 18.6 Å². The molecule has 0 bridgehead atoms. The van der Waals surface area contributed by atoms with Crippen LogP contribution in [0.3, 0.4) is 0 Å². The Morgan fingerprint density at radius 2 is 2.29 bits per heavy atom. The Morgan fingerprint density at radius 1 is 1.47 bits per heavy atom. The van der Waals surface area contributed by atoms with Crippen molar-refractivity contribution in [3.63, 3.8) is 0 Å². The second-order valence-electron chi connectivity index (χ2n) is 3.35. The van der Waals surface area contributed by atoms with E-state index in [-0.39, 0.29) is 6.42 Å². The molecular weight excluding hydrogens is 264 g/mol. The van der Waals surface area contributed by atoms with E-state index in [9.17, 15) is 4.79 Å². The van der Waals surface area contributed by atoms with Crippen molar-refractivity contribution in [2.24, 2.45) is 0 Å². The van der Waals surface area contributed by atoms with Gasteiger partial charge in [0, 0.05) is 12.8 Å². The van der Waals surface area contributed by atoms with E-state index in [0.29, 0.717) is 29.0 Å². The van der Waals surface area contributed by atoms with Gasteiger partial charge in [0.2, 0.25) is 5.89 Å². The number of nitrogens with zero attached hydrogens (tertiary/aromatic N) is 2. The fourth-order valence-electron chi connectivity index (χ4n) is 1.27. The number of aromatic nitrogens is 2. The molecule has 2 aromatic rings. The predicted octanol–water partition coefficient (Wildman–Crippen LogP) is 2.86. The Labute approximate surface area is 106 Å². The van der Waals surface area contributed by atoms with E-state index >= 15 is 0 Å². The molecule has 0 aromatic carbocycles. The summed E-state index contributed by atoms with van der Waals surface area (Å²) in [6.07, 6.45) is 1.06. The molecule has 0 spiro atoms. The van der Waals surface area contributed by atoms with Crippen LogP contribution >= 0.6 is 22.9 Å². The largest absolute Gasteiger partial charge is 0.481 e. The monoisotopic (exact) mass is 272 g/mol. The second-order valence-corrected chi connectivity index (χ2v) is 5.07. The van der Waals surface area contributed by atoms with Crippen LogP contribution in [0.2, 0.25) is 4.34 Å². The number of carboxylic acids is 1. The van der Waals surface area contributed by atoms with Gasteiger partial charge in [-0.1, -0.05) is 11.6 Å². The van der Waals surface area contributed by atoms with Crippen molar-refractivity contribution in [3.05, 3.63) is 22.4 Å². The van der Waals surface area contributed by atoms with Crippen molar-refractivity contribution >= 4 is 28.9 Å². The molecule has 0 saturated heterocycles. The summed E-state index contributed by atoms with van der Waals surface area (Å²) in [7, 11) is 0. The Balaban J connectivity index is 1.98. The van der Waals surface area contributed by atoms with Crippen LogP contribution in [0.5, 0.6) is 0 Å². The lowest BCUT2D eigenvalue weighted by Crippen LogP contribution is -1.95. The molecule has 0 saturated carbocycles. The lowest BCUT2D eigenvalue weighted by Gasteiger charge is -1.91. The number of rotatable bonds is 5. The molecule has 2 heterocycles. The molecule has 1 N–H and O–H groups in total. The van der Waals surface area contributed by atoms with Crippen LogP contribution in [-0.4, -0.2) is 21.3 Å². The van der Waals surface area contributed by atoms with Crippen molar-refractivity contribution in [2.45, 2.75) is 19.3 Å². The number of carbonyl (C=O) groups is 1. The van der Waals surface area contributed by atoms with Crippen LogP contribution in [0.1, 0.15) is 18.7 Å². The molecule has 17 heavy (non-hydrogen) atoms. The SMILES string of the molecule is O=C(O)CCCc1nnc(-c2ccc(Cl)s2)o1. The van der Waals surface area contributed by atoms with Gasteiger partial charge in [0.15, 0.2) is 0 Å². The van der Waals surface area contributed by atoms with Gasteiger partial charge in [-0.3, -0.25) is 4.79 Å². The normalized spacial score (nSPS) is 10.6. The van der Waals surface area contributed by atoms with E-state index in [0.717, 1.165) is 4.88 Å². The van der Waals surface area contributed by atoms with Crippen LogP contribution in [0.4, 0.5) is 0 Å². The zero-order valence-electron chi connectivity index (χ0n) is 8.72. The van der Waals surface area contributed by atoms with Gasteiger partial charge < -0.3 is 9.52 Å². The molecule has 0 fully saturated rings. The average molecular weight is 273 g/mol. The molecular formula is C10H9ClN2O3S. The third-order valence-electron chi connectivity index (χ3n) is 2.03. The summed E-state index contributed by atoms with van der Waals surface area (Å²) in [5.74, 6) is 0.0489. The van der Waals surface area contributed by atoms with Crippen molar-refractivity contribution in [1.82, 2.24) is 10.2 Å². The predicted molar refractivity (Wildman–Crippen MR) is 63.2 cm³/mol. The zero-order valence-corrected chi connectivity index (χ0v) is 10.3. The third kappa shape index (κ3) is 3.28. The molecule has 2 aromatic heterocycles. The van der Waals surface area contributed by atoms with Crippen LogP contribution < -0.4 is 0 Å². The quantitative estimate of drug-likeness (QED) is 0.906. The third-order valence-corrected chi connectivity index (χ3v) is 3.25. The Kier molecular flexibility index (Phi) is 3.75. The highest BCUT2D eigenvalue weighted by Gasteiger charge is 2.10. The first-order valence-corrected chi connectivity index (χ1v) is 6.14. The number of thiophene rings is 1. The second kappa shape index (κ2) is 5.29. The number of aryl methyl sites for hydroxylation is 1. The molecule has 2 rings (SSSR count). The minimum atomic E-state index is -0.824. The number of hydrogen-bond donors (Lipinski definition) is 1. The van der Waals surface area contributed by atoms with Gasteiger partial charge in [-0.25, -0.2) is 0 Å². The Morgan fingerprint density at radius 3 is 2.94 bits per heavy atom. The van der Waals surface area contributed by atoms with Crippen molar-refractivity contribution in [2.75, 3.05) is 0 Å². The molecule has 0 aliphatic heterocycles. The van der Waals surface area contributed by atoms with Crippen molar-refractivity contribution in [1.29, 1.82) is 0 Å². The van der Waals surface area contributed by atoms with Gasteiger partial charge in [0.05, 0.1) is 9.21 Å². The lowest BCUT2D eigenvalue weighted by molar-refractivity contribution is -0.137. The summed E-state index contributed by atoms with van der Waals surface area (Å²) in [6.45, 7) is 0. The van der Waals surface area contributed by atoms with Gasteiger partial charge in [-0.2, -0.15) is 0 Å². The van der Waals surface area contributed by atoms with E-state index in [2.05, 4.69) is 10.2 Å². The Hall–Kier alpha value is -1.40. The van der Waals surface area contributed by atoms with Crippen LogP contribution in [0.15, 0.2) is 16.5 Å². The molecule has 5 nitrogen and oxygen atoms in total. The topological polar surface area (TPSA) is 76.2 Å². The van der Waals surface area contributed by atoms with Gasteiger partial charge >= 0.3 is 5.97 Å². The van der Waals surface area contributed by atoms with E-state index < -0.39 is 5.97 Å². The number of carboxylic acid groups (broad SMARTS) is 1. The summed E-state index contributed by atoms with van der Waals surface area (Å²) < 4.78 is 6.06. The fraction of sp³-hybridized carbons (Fsp3) is 0.300. The first-order valence-electron chi connectivity index (χ1n) is 4.95. The van der Waals surface area contributed by atoms with Crippen LogP contribution in [0, 0.1) is 0 Å². The summed E-state index contributed by atoms with van der Waals surface area (Å²) in [5, 5.41) is 16.2. The maximum atomic E-state index is 10.3. The number of hydrogen-bond acceptors (Lipinski definition) is 5. The van der Waals surface area contributed by atoms with E-state index in [4.69, 9.17) is 21.1 Å². The highest BCUT2D eigenvalue weighted by atomic mass is 35.5. The maximum absolute atomic E-state index is 10.3. The number of halogens is 1. The fourth-order valence-corrected chi connectivity index (χ4v) is 2.24. The maximum Gasteiger partial charge on any atom is 0.303 e. The van der Waals surface area contributed by atoms with E-state index in [1.807, 2.05) is 6.07 Å². The van der Waals surface area contributed by atoms with E-state index in [1.165, 1.54) is 11.3 Å². The summed E-state index contributed by atoms with van der Waals surface area (Å²) in [6, 6.07) is 3.57. The standard InChI is InChI=1S/C10H9ClN2O3S/c11-7-5-4-6(17-7)10-13-12-8(16-10)2-1-3-9(14)15/h4-5H,1-3H2,(H,14,15). The first kappa shape index (κ1) is 12.1. The Bertz CT molecular complexity index is 523. The van der Waals surface area contributed by atoms with Gasteiger partial charge in [0.1, 0.15) is 0 Å². The van der Waals surface area contributed by atoms with Gasteiger partial charge in [-0.15, -0.1) is 21.5 Å². The molecule has 0 radical (unpaired) electrons. The number of aliphatic carboxylic acids is 1. The summed E-state index contributed by atoms with van der Waals surface area (Å²) in [5.41, 5.74) is 0. The lowest BCUT2D eigenvalue weighted by atomic mass is 10.2. The molecule has 0 amide bonds. The molecule has 90 valence electrons. The highest BCUT2D eigenvalue weighted by Crippen LogP contribution is 2.30. The summed E-state index contributed by atoms with van der Waals surface area (Å²) >= 11 is 7.16. The molecule has 0 aliphatic rings. The highest BCUT2D eigenvalue weighted by molar-refractivity contribution is 7.19. The minimum Gasteiger partial charge on any atom is -0.481 e. The van der Waals surface area contributed by atoms with Crippen molar-refractivity contribution in [3.8, 4) is 10.8 Å². The first-order chi connectivity index (χ1) is 8.15. The zero-order chi connectivity index (χ0) is 12.3. The minimum absolute atomic E-state index is 0.0997. The molecule has 0 unspecified atom stereocenters. The average Bonchev–Trinajstić information content (AvgIpc) is 2.86. The van der Waals surface area contributed by atoms with Crippen LogP contribution in [-0.2, 0) is 11.2 Å². The van der Waals surface area contributed by atoms with Gasteiger partial charge in [0.25, 0.3) is 5.89 Å². The molecule has 0 atom stereocenters. The smallest absolute Gasteiger partial charge is 0.303 e. The molecule has 7 heteroatoms. The van der Waals surface area contributed by atoms with Crippen LogP contribution in [0.25, 0.3) is 10.8 Å².